The number of esters is 2. The van der Waals surface area contributed by atoms with Crippen LogP contribution in [0.3, 0.4) is 0 Å². The Bertz CT molecular complexity index is 1030. The first-order valence-corrected chi connectivity index (χ1v) is 23.9. The van der Waals surface area contributed by atoms with Crippen LogP contribution in [0.2, 0.25) is 0 Å². The molecule has 0 radical (unpaired) electrons. The summed E-state index contributed by atoms with van der Waals surface area (Å²) in [6.45, 7) is 5.87. The van der Waals surface area contributed by atoms with Crippen LogP contribution in [-0.4, -0.2) is 74.4 Å². The van der Waals surface area contributed by atoms with Crippen LogP contribution < -0.4 is 0 Å². The molecule has 0 amide bonds. The monoisotopic (exact) mass is 801 g/mol. The number of carbonyl (C=O) groups is 2. The van der Waals surface area contributed by atoms with Crippen molar-refractivity contribution in [2.24, 2.45) is 0 Å². The molecule has 0 aromatic rings. The summed E-state index contributed by atoms with van der Waals surface area (Å²) in [6.07, 6.45) is 40.2. The molecule has 0 aromatic heterocycles. The van der Waals surface area contributed by atoms with Gasteiger partial charge in [-0.3, -0.25) is 18.6 Å². The molecule has 0 aliphatic rings. The summed E-state index contributed by atoms with van der Waals surface area (Å²) in [5.41, 5.74) is -1.43. The molecular weight excluding hydrogens is 713 g/mol. The van der Waals surface area contributed by atoms with E-state index in [1.165, 1.54) is 89.9 Å². The molecule has 2 atom stereocenters. The summed E-state index contributed by atoms with van der Waals surface area (Å²) < 4.78 is 34.8. The summed E-state index contributed by atoms with van der Waals surface area (Å²) in [5, 5.41) is 0. The third-order valence-corrected chi connectivity index (χ3v) is 10.7. The number of unbranched alkanes of at least 4 members (excludes halogenated alkanes) is 22. The normalized spacial score (nSPS) is 14.4. The van der Waals surface area contributed by atoms with Gasteiger partial charge >= 0.3 is 19.8 Å². The standard InChI is InChI=1S/C45H86NO8P/c1-7-9-11-13-15-17-19-21-23-25-27-29-31-33-35-37-43(47)51-41-45(3,42-53-55(49,50)52-40-39-46(4,5)6)54-44(48)38-36-34-32-30-28-26-24-22-20-18-16-14-12-10-8-2/h23-26H,7-22,27-42H2,1-6H3/p+1/b25-23+,26-24+/t45-/m1/s1. The van der Waals surface area contributed by atoms with E-state index in [2.05, 4.69) is 38.2 Å². The predicted octanol–water partition coefficient (Wildman–Crippen LogP) is 12.7. The zero-order valence-corrected chi connectivity index (χ0v) is 37.5. The van der Waals surface area contributed by atoms with E-state index in [1.54, 1.807) is 6.92 Å². The van der Waals surface area contributed by atoms with Crippen molar-refractivity contribution < 1.29 is 42.1 Å². The Kier molecular flexibility index (Phi) is 34.7. The number of quaternary nitrogens is 1. The van der Waals surface area contributed by atoms with Crippen molar-refractivity contribution in [1.29, 1.82) is 0 Å². The van der Waals surface area contributed by atoms with E-state index in [9.17, 15) is 19.0 Å². The van der Waals surface area contributed by atoms with Crippen molar-refractivity contribution in [1.82, 2.24) is 0 Å². The third-order valence-electron chi connectivity index (χ3n) is 9.73. The maximum atomic E-state index is 12.9. The second-order valence-corrected chi connectivity index (χ2v) is 18.3. The van der Waals surface area contributed by atoms with Crippen molar-refractivity contribution >= 4 is 19.8 Å². The van der Waals surface area contributed by atoms with Crippen LogP contribution in [0.25, 0.3) is 0 Å². The lowest BCUT2D eigenvalue weighted by Crippen LogP contribution is -2.42. The number of likely N-dealkylation sites (N-methyl/N-ethyl adjacent to an activating group) is 1. The zero-order valence-electron chi connectivity index (χ0n) is 36.6. The largest absolute Gasteiger partial charge is 0.472 e. The minimum atomic E-state index is -4.42. The number of phosphoric ester groups is 1. The van der Waals surface area contributed by atoms with Gasteiger partial charge in [-0.15, -0.1) is 0 Å². The lowest BCUT2D eigenvalue weighted by Gasteiger charge is -2.30. The third kappa shape index (κ3) is 39.1. The zero-order chi connectivity index (χ0) is 40.9. The van der Waals surface area contributed by atoms with Crippen molar-refractivity contribution in [2.75, 3.05) is 47.5 Å². The van der Waals surface area contributed by atoms with Gasteiger partial charge in [-0.2, -0.15) is 0 Å². The van der Waals surface area contributed by atoms with Gasteiger partial charge in [0, 0.05) is 12.8 Å². The van der Waals surface area contributed by atoms with Crippen molar-refractivity contribution in [3.8, 4) is 0 Å². The molecule has 10 heteroatoms. The average Bonchev–Trinajstić information content (AvgIpc) is 3.12. The molecule has 9 nitrogen and oxygen atoms in total. The fourth-order valence-corrected chi connectivity index (χ4v) is 6.92. The van der Waals surface area contributed by atoms with Gasteiger partial charge in [0.05, 0.1) is 21.1 Å². The highest BCUT2D eigenvalue weighted by Gasteiger charge is 2.35. The van der Waals surface area contributed by atoms with E-state index in [1.807, 2.05) is 21.1 Å². The molecular formula is C45H87NO8P+. The highest BCUT2D eigenvalue weighted by atomic mass is 31.2. The molecule has 324 valence electrons. The number of carbonyl (C=O) groups excluding carboxylic acids is 2. The minimum Gasteiger partial charge on any atom is -0.461 e. The number of hydrogen-bond acceptors (Lipinski definition) is 7. The van der Waals surface area contributed by atoms with Crippen LogP contribution in [0, 0.1) is 0 Å². The van der Waals surface area contributed by atoms with Gasteiger partial charge in [-0.25, -0.2) is 4.57 Å². The maximum absolute atomic E-state index is 12.9. The topological polar surface area (TPSA) is 108 Å². The Morgan fingerprint density at radius 3 is 1.36 bits per heavy atom. The number of allylic oxidation sites excluding steroid dienone is 4. The SMILES string of the molecule is CCCCCCCCC/C=C/CCCCCCC(=O)OC[C@](C)(COP(=O)(O)OCC[N+](C)(C)C)OC(=O)CCCCCC/C=C/CCCCCCCCC. The lowest BCUT2D eigenvalue weighted by atomic mass is 10.1. The second kappa shape index (κ2) is 35.6. The number of nitrogens with zero attached hydrogens (tertiary/aromatic N) is 1. The van der Waals surface area contributed by atoms with Crippen LogP contribution in [0.4, 0.5) is 0 Å². The summed E-state index contributed by atoms with van der Waals surface area (Å²) in [6, 6.07) is 0. The van der Waals surface area contributed by atoms with E-state index in [4.69, 9.17) is 18.5 Å². The molecule has 0 rings (SSSR count). The number of phosphoric acid groups is 1. The van der Waals surface area contributed by atoms with Crippen LogP contribution >= 0.6 is 7.82 Å². The molecule has 0 aliphatic heterocycles. The molecule has 1 N–H and O–H groups in total. The molecule has 0 saturated heterocycles. The second-order valence-electron chi connectivity index (χ2n) is 16.8. The minimum absolute atomic E-state index is 0.0211. The van der Waals surface area contributed by atoms with Crippen LogP contribution in [0.15, 0.2) is 24.3 Å². The predicted molar refractivity (Wildman–Crippen MR) is 229 cm³/mol. The average molecular weight is 801 g/mol. The van der Waals surface area contributed by atoms with Gasteiger partial charge in [-0.05, 0) is 71.1 Å². The van der Waals surface area contributed by atoms with Crippen molar-refractivity contribution in [3.63, 3.8) is 0 Å². The Labute approximate surface area is 339 Å². The Hall–Kier alpha value is -1.51. The maximum Gasteiger partial charge on any atom is 0.472 e. The molecule has 0 fully saturated rings. The number of ether oxygens (including phenoxy) is 2. The summed E-state index contributed by atoms with van der Waals surface area (Å²) in [5.74, 6) is -0.841. The van der Waals surface area contributed by atoms with Crippen LogP contribution in [0.5, 0.6) is 0 Å². The highest BCUT2D eigenvalue weighted by Crippen LogP contribution is 2.44. The first-order chi connectivity index (χ1) is 26.3. The Morgan fingerprint density at radius 1 is 0.564 bits per heavy atom. The highest BCUT2D eigenvalue weighted by molar-refractivity contribution is 7.47. The van der Waals surface area contributed by atoms with Gasteiger partial charge < -0.3 is 18.9 Å². The fraction of sp³-hybridized carbons (Fsp3) is 0.867. The van der Waals surface area contributed by atoms with Gasteiger partial charge in [0.1, 0.15) is 26.4 Å². The van der Waals surface area contributed by atoms with E-state index in [0.29, 0.717) is 23.9 Å². The molecule has 1 unspecified atom stereocenters. The van der Waals surface area contributed by atoms with Crippen LogP contribution in [0.1, 0.15) is 201 Å². The first kappa shape index (κ1) is 53.5. The van der Waals surface area contributed by atoms with Crippen molar-refractivity contribution in [2.45, 2.75) is 206 Å². The molecule has 0 spiro atoms. The van der Waals surface area contributed by atoms with Gasteiger partial charge in [-0.1, -0.05) is 141 Å². The fourth-order valence-electron chi connectivity index (χ4n) is 6.10. The summed E-state index contributed by atoms with van der Waals surface area (Å²) in [7, 11) is 1.43. The quantitative estimate of drug-likeness (QED) is 0.0215. The number of rotatable bonds is 40. The van der Waals surface area contributed by atoms with Crippen LogP contribution in [-0.2, 0) is 32.7 Å². The molecule has 0 aliphatic carbocycles. The van der Waals surface area contributed by atoms with Gasteiger partial charge in [0.25, 0.3) is 0 Å². The van der Waals surface area contributed by atoms with E-state index >= 15 is 0 Å². The Balaban J connectivity index is 4.53. The molecule has 0 saturated carbocycles. The first-order valence-electron chi connectivity index (χ1n) is 22.4. The summed E-state index contributed by atoms with van der Waals surface area (Å²) >= 11 is 0. The number of hydrogen-bond donors (Lipinski definition) is 1. The van der Waals surface area contributed by atoms with Gasteiger partial charge in [0.15, 0.2) is 5.60 Å². The molecule has 0 heterocycles. The van der Waals surface area contributed by atoms with E-state index in [0.717, 1.165) is 64.2 Å². The van der Waals surface area contributed by atoms with Crippen molar-refractivity contribution in [3.05, 3.63) is 24.3 Å². The summed E-state index contributed by atoms with van der Waals surface area (Å²) in [4.78, 5) is 35.8. The van der Waals surface area contributed by atoms with E-state index < -0.39 is 26.0 Å². The molecule has 0 bridgehead atoms. The molecule has 0 aromatic carbocycles. The van der Waals surface area contributed by atoms with E-state index in [-0.39, 0.29) is 32.0 Å². The van der Waals surface area contributed by atoms with Gasteiger partial charge in [0.2, 0.25) is 0 Å². The lowest BCUT2D eigenvalue weighted by molar-refractivity contribution is -0.870. The molecule has 55 heavy (non-hydrogen) atoms. The smallest absolute Gasteiger partial charge is 0.461 e. The Morgan fingerprint density at radius 2 is 0.945 bits per heavy atom.